The number of phenols is 1. The van der Waals surface area contributed by atoms with E-state index >= 15 is 0 Å². The van der Waals surface area contributed by atoms with Crippen molar-refractivity contribution in [1.29, 1.82) is 0 Å². The lowest BCUT2D eigenvalue weighted by Gasteiger charge is -2.24. The van der Waals surface area contributed by atoms with Gasteiger partial charge in [-0.1, -0.05) is 30.7 Å². The van der Waals surface area contributed by atoms with Crippen LogP contribution < -0.4 is 10.1 Å². The van der Waals surface area contributed by atoms with Crippen molar-refractivity contribution in [2.24, 2.45) is 5.92 Å². The molecular weight excluding hydrogens is 334 g/mol. The molecule has 0 saturated heterocycles. The number of phenolic OH excluding ortho intramolecular Hbond substituents is 1. The highest BCUT2D eigenvalue weighted by molar-refractivity contribution is 5.84. The quantitative estimate of drug-likeness (QED) is 0.695. The fraction of sp³-hybridized carbons (Fsp3) is 0.350. The van der Waals surface area contributed by atoms with Gasteiger partial charge in [-0.3, -0.25) is 5.32 Å². The Morgan fingerprint density at radius 1 is 1.19 bits per heavy atom. The van der Waals surface area contributed by atoms with Crippen molar-refractivity contribution in [3.05, 3.63) is 53.6 Å². The lowest BCUT2D eigenvalue weighted by molar-refractivity contribution is 0.0666. The molecule has 0 saturated carbocycles. The number of aryl methyl sites for hydroxylation is 1. The highest BCUT2D eigenvalue weighted by Crippen LogP contribution is 2.34. The maximum absolute atomic E-state index is 12.3. The first-order chi connectivity index (χ1) is 12.4. The molecule has 2 aromatic carbocycles. The van der Waals surface area contributed by atoms with Crippen molar-refractivity contribution < 1.29 is 24.5 Å². The molecule has 26 heavy (non-hydrogen) atoms. The van der Waals surface area contributed by atoms with Gasteiger partial charge in [0.05, 0.1) is 7.11 Å². The van der Waals surface area contributed by atoms with Gasteiger partial charge in [0.2, 0.25) is 0 Å². The molecule has 0 spiro atoms. The molecule has 2 aromatic rings. The van der Waals surface area contributed by atoms with Crippen molar-refractivity contribution >= 4 is 11.8 Å². The van der Waals surface area contributed by atoms with E-state index < -0.39 is 12.2 Å². The van der Waals surface area contributed by atoms with Gasteiger partial charge in [-0.2, -0.15) is 0 Å². The topological polar surface area (TPSA) is 88.0 Å². The van der Waals surface area contributed by atoms with Crippen molar-refractivity contribution in [2.75, 3.05) is 19.0 Å². The summed E-state index contributed by atoms with van der Waals surface area (Å²) in [5, 5.41) is 21.9. The van der Waals surface area contributed by atoms with E-state index in [1.807, 2.05) is 26.0 Å². The molecule has 0 radical (unpaired) electrons. The minimum Gasteiger partial charge on any atom is -0.504 e. The summed E-state index contributed by atoms with van der Waals surface area (Å²) in [5.74, 6) is 0.164. The molecule has 0 aliphatic heterocycles. The third kappa shape index (κ3) is 5.13. The zero-order valence-electron chi connectivity index (χ0n) is 15.2. The Morgan fingerprint density at radius 2 is 1.88 bits per heavy atom. The first-order valence-corrected chi connectivity index (χ1v) is 8.46. The van der Waals surface area contributed by atoms with E-state index in [4.69, 9.17) is 9.47 Å². The molecule has 2 atom stereocenters. The number of amides is 1. The van der Waals surface area contributed by atoms with Gasteiger partial charge >= 0.3 is 6.09 Å². The Morgan fingerprint density at radius 3 is 2.46 bits per heavy atom. The van der Waals surface area contributed by atoms with E-state index in [1.54, 1.807) is 24.3 Å². The average molecular weight is 359 g/mol. The Kier molecular flexibility index (Phi) is 6.86. The van der Waals surface area contributed by atoms with Crippen LogP contribution >= 0.6 is 0 Å². The van der Waals surface area contributed by atoms with E-state index in [0.717, 1.165) is 5.56 Å². The standard InChI is InChI=1S/C20H25NO5/c1-13-4-7-16(8-5-13)21-20(24)26-19(14(2)10-11-22)15-6-9-18(25-3)17(23)12-15/h4-9,12,14,19,22-23H,10-11H2,1-3H3,(H,21,24)/t14-,19-/m0/s1. The molecule has 0 aliphatic rings. The fourth-order valence-electron chi connectivity index (χ4n) is 2.65. The summed E-state index contributed by atoms with van der Waals surface area (Å²) in [6.45, 7) is 3.81. The normalized spacial score (nSPS) is 12.9. The summed E-state index contributed by atoms with van der Waals surface area (Å²) in [7, 11) is 1.46. The maximum Gasteiger partial charge on any atom is 0.412 e. The highest BCUT2D eigenvalue weighted by atomic mass is 16.6. The molecule has 0 aliphatic carbocycles. The van der Waals surface area contributed by atoms with Crippen LogP contribution in [0.4, 0.5) is 10.5 Å². The number of aliphatic hydroxyl groups excluding tert-OH is 1. The number of carbonyl (C=O) groups is 1. The Balaban J connectivity index is 2.17. The number of methoxy groups -OCH3 is 1. The summed E-state index contributed by atoms with van der Waals surface area (Å²) in [6.07, 6.45) is -0.765. The van der Waals surface area contributed by atoms with E-state index in [0.29, 0.717) is 23.4 Å². The molecular formula is C20H25NO5. The molecule has 0 fully saturated rings. The lowest BCUT2D eigenvalue weighted by Crippen LogP contribution is -2.22. The number of anilines is 1. The van der Waals surface area contributed by atoms with Crippen LogP contribution in [0.1, 0.15) is 30.6 Å². The van der Waals surface area contributed by atoms with Gasteiger partial charge in [-0.25, -0.2) is 4.79 Å². The van der Waals surface area contributed by atoms with Crippen molar-refractivity contribution in [2.45, 2.75) is 26.4 Å². The van der Waals surface area contributed by atoms with Crippen LogP contribution in [0.3, 0.4) is 0 Å². The number of carbonyl (C=O) groups excluding carboxylic acids is 1. The van der Waals surface area contributed by atoms with Crippen LogP contribution in [0.15, 0.2) is 42.5 Å². The second-order valence-corrected chi connectivity index (χ2v) is 6.24. The highest BCUT2D eigenvalue weighted by Gasteiger charge is 2.24. The summed E-state index contributed by atoms with van der Waals surface area (Å²) in [5.41, 5.74) is 2.35. The predicted octanol–water partition coefficient (Wildman–Crippen LogP) is 4.02. The summed E-state index contributed by atoms with van der Waals surface area (Å²) in [4.78, 5) is 12.3. The monoisotopic (exact) mass is 359 g/mol. The number of hydrogen-bond acceptors (Lipinski definition) is 5. The second kappa shape index (κ2) is 9.10. The van der Waals surface area contributed by atoms with Gasteiger partial charge in [0.25, 0.3) is 0 Å². The summed E-state index contributed by atoms with van der Waals surface area (Å²) in [6, 6.07) is 12.2. The number of rotatable bonds is 7. The first kappa shape index (κ1) is 19.6. The minimum absolute atomic E-state index is 0.0251. The van der Waals surface area contributed by atoms with Crippen molar-refractivity contribution in [3.8, 4) is 11.5 Å². The number of aliphatic hydroxyl groups is 1. The molecule has 2 rings (SSSR count). The SMILES string of the molecule is COc1ccc([C@@H](OC(=O)Nc2ccc(C)cc2)[C@@H](C)CCO)cc1O. The largest absolute Gasteiger partial charge is 0.504 e. The van der Waals surface area contributed by atoms with Crippen LogP contribution in [-0.2, 0) is 4.74 Å². The molecule has 140 valence electrons. The van der Waals surface area contributed by atoms with Crippen LogP contribution in [0.5, 0.6) is 11.5 Å². The molecule has 0 bridgehead atoms. The Bertz CT molecular complexity index is 729. The van der Waals surface area contributed by atoms with Gasteiger partial charge in [0.1, 0.15) is 6.10 Å². The van der Waals surface area contributed by atoms with Crippen LogP contribution in [-0.4, -0.2) is 30.0 Å². The zero-order valence-corrected chi connectivity index (χ0v) is 15.2. The van der Waals surface area contributed by atoms with Crippen molar-refractivity contribution in [3.63, 3.8) is 0 Å². The smallest absolute Gasteiger partial charge is 0.412 e. The summed E-state index contributed by atoms with van der Waals surface area (Å²) >= 11 is 0. The van der Waals surface area contributed by atoms with Crippen molar-refractivity contribution in [1.82, 2.24) is 0 Å². The van der Waals surface area contributed by atoms with Crippen LogP contribution in [0.2, 0.25) is 0 Å². The number of benzene rings is 2. The molecule has 0 unspecified atom stereocenters. The number of nitrogens with one attached hydrogen (secondary N) is 1. The fourth-order valence-corrected chi connectivity index (χ4v) is 2.65. The number of aromatic hydroxyl groups is 1. The second-order valence-electron chi connectivity index (χ2n) is 6.24. The minimum atomic E-state index is -0.621. The molecule has 0 aromatic heterocycles. The summed E-state index contributed by atoms with van der Waals surface area (Å²) < 4.78 is 10.6. The third-order valence-electron chi connectivity index (χ3n) is 4.16. The van der Waals surface area contributed by atoms with Gasteiger partial charge in [0, 0.05) is 12.3 Å². The van der Waals surface area contributed by atoms with Gasteiger partial charge in [-0.05, 0) is 49.1 Å². The Labute approximate surface area is 153 Å². The number of ether oxygens (including phenoxy) is 2. The van der Waals surface area contributed by atoms with E-state index in [-0.39, 0.29) is 18.3 Å². The molecule has 3 N–H and O–H groups in total. The average Bonchev–Trinajstić information content (AvgIpc) is 2.61. The van der Waals surface area contributed by atoms with E-state index in [2.05, 4.69) is 5.32 Å². The van der Waals surface area contributed by atoms with Crippen LogP contribution in [0.25, 0.3) is 0 Å². The Hall–Kier alpha value is -2.73. The van der Waals surface area contributed by atoms with Gasteiger partial charge in [-0.15, -0.1) is 0 Å². The zero-order chi connectivity index (χ0) is 19.1. The third-order valence-corrected chi connectivity index (χ3v) is 4.16. The van der Waals surface area contributed by atoms with Gasteiger partial charge in [0.15, 0.2) is 11.5 Å². The molecule has 1 amide bonds. The molecule has 0 heterocycles. The molecule has 6 heteroatoms. The lowest BCUT2D eigenvalue weighted by atomic mass is 9.94. The molecule has 6 nitrogen and oxygen atoms in total. The number of hydrogen-bond donors (Lipinski definition) is 3. The van der Waals surface area contributed by atoms with E-state index in [1.165, 1.54) is 13.2 Å². The van der Waals surface area contributed by atoms with Gasteiger partial charge < -0.3 is 19.7 Å². The van der Waals surface area contributed by atoms with Crippen LogP contribution in [0, 0.1) is 12.8 Å². The first-order valence-electron chi connectivity index (χ1n) is 8.46. The van der Waals surface area contributed by atoms with E-state index in [9.17, 15) is 15.0 Å². The maximum atomic E-state index is 12.3. The predicted molar refractivity (Wildman–Crippen MR) is 99.5 cm³/mol.